The zero-order valence-electron chi connectivity index (χ0n) is 14.5. The largest absolute Gasteiger partial charge is 0.0648 e. The van der Waals surface area contributed by atoms with Gasteiger partial charge in [0.2, 0.25) is 0 Å². The Morgan fingerprint density at radius 2 is 1.79 bits per heavy atom. The third kappa shape index (κ3) is 2.59. The van der Waals surface area contributed by atoms with E-state index in [-0.39, 0.29) is 5.41 Å². The van der Waals surface area contributed by atoms with Gasteiger partial charge in [-0.15, -0.1) is 0 Å². The molecule has 1 atom stereocenters. The second-order valence-electron chi connectivity index (χ2n) is 7.14. The Morgan fingerprint density at radius 3 is 2.42 bits per heavy atom. The minimum atomic E-state index is -1.18. The van der Waals surface area contributed by atoms with Crippen LogP contribution in [0.4, 0.5) is 0 Å². The Balaban J connectivity index is 1.95. The van der Waals surface area contributed by atoms with Gasteiger partial charge in [-0.25, -0.2) is 0 Å². The number of benzene rings is 1. The van der Waals surface area contributed by atoms with Crippen LogP contribution in [0.3, 0.4) is 0 Å². The van der Waals surface area contributed by atoms with Crippen molar-refractivity contribution >= 4 is 0 Å². The number of fused-ring (bicyclic) bond motifs is 1. The molecular formula is C19H28. The average Bonchev–Trinajstić information content (AvgIpc) is 2.68. The molecule has 0 heteroatoms. The van der Waals surface area contributed by atoms with E-state index in [4.69, 9.17) is 2.74 Å². The highest BCUT2D eigenvalue weighted by molar-refractivity contribution is 5.34. The van der Waals surface area contributed by atoms with Gasteiger partial charge in [-0.2, -0.15) is 0 Å². The first kappa shape index (κ1) is 10.9. The first-order chi connectivity index (χ1) is 9.93. The predicted octanol–water partition coefficient (Wildman–Crippen LogP) is 5.54. The first-order valence-electron chi connectivity index (χ1n) is 9.01. The van der Waals surface area contributed by atoms with E-state index >= 15 is 0 Å². The maximum Gasteiger partial charge on any atom is 0.0322 e. The summed E-state index contributed by atoms with van der Waals surface area (Å²) in [6, 6.07) is 8.19. The van der Waals surface area contributed by atoms with Crippen LogP contribution in [0.25, 0.3) is 0 Å². The van der Waals surface area contributed by atoms with Crippen molar-refractivity contribution in [3.63, 3.8) is 0 Å². The summed E-state index contributed by atoms with van der Waals surface area (Å²) in [6.07, 6.45) is 8.28. The SMILES string of the molecule is [2H]C1([2H])c2ccccc2CC1(CC)CC1(C)CCCCC1. The third-order valence-electron chi connectivity index (χ3n) is 5.45. The van der Waals surface area contributed by atoms with Crippen molar-refractivity contribution in [1.29, 1.82) is 0 Å². The Morgan fingerprint density at radius 1 is 1.11 bits per heavy atom. The molecule has 1 fully saturated rings. The molecule has 3 rings (SSSR count). The van der Waals surface area contributed by atoms with Crippen molar-refractivity contribution in [3.8, 4) is 0 Å². The van der Waals surface area contributed by atoms with Crippen LogP contribution in [0.2, 0.25) is 0 Å². The summed E-state index contributed by atoms with van der Waals surface area (Å²) in [4.78, 5) is 0. The van der Waals surface area contributed by atoms with Gasteiger partial charge < -0.3 is 0 Å². The number of rotatable bonds is 3. The van der Waals surface area contributed by atoms with E-state index in [0.29, 0.717) is 5.41 Å². The highest BCUT2D eigenvalue weighted by Gasteiger charge is 2.41. The maximum atomic E-state index is 8.85. The second kappa shape index (κ2) is 4.96. The van der Waals surface area contributed by atoms with E-state index in [0.717, 1.165) is 24.8 Å². The highest BCUT2D eigenvalue weighted by Crippen LogP contribution is 2.51. The molecule has 1 unspecified atom stereocenters. The lowest BCUT2D eigenvalue weighted by Crippen LogP contribution is -2.32. The highest BCUT2D eigenvalue weighted by atomic mass is 14.5. The van der Waals surface area contributed by atoms with Crippen molar-refractivity contribution in [3.05, 3.63) is 35.4 Å². The molecule has 0 nitrogen and oxygen atoms in total. The van der Waals surface area contributed by atoms with E-state index in [1.807, 2.05) is 12.1 Å². The topological polar surface area (TPSA) is 0 Å². The van der Waals surface area contributed by atoms with Gasteiger partial charge in [0.1, 0.15) is 0 Å². The van der Waals surface area contributed by atoms with E-state index < -0.39 is 6.37 Å². The Hall–Kier alpha value is -0.780. The van der Waals surface area contributed by atoms with Crippen LogP contribution in [0.1, 0.15) is 72.7 Å². The average molecular weight is 258 g/mol. The first-order valence-corrected chi connectivity index (χ1v) is 8.01. The standard InChI is InChI=1S/C19H28/c1-3-19(15-18(2)11-7-4-8-12-18)13-16-9-5-6-10-17(16)14-19/h5-6,9-10H,3-4,7-8,11-15H2,1-2H3/i13D2. The lowest BCUT2D eigenvalue weighted by atomic mass is 9.63. The van der Waals surface area contributed by atoms with Crippen molar-refractivity contribution in [2.24, 2.45) is 10.8 Å². The molecule has 2 aliphatic rings. The summed E-state index contributed by atoms with van der Waals surface area (Å²) in [7, 11) is 0. The smallest absolute Gasteiger partial charge is 0.0322 e. The third-order valence-corrected chi connectivity index (χ3v) is 5.45. The Bertz CT molecular complexity index is 514. The van der Waals surface area contributed by atoms with Crippen molar-refractivity contribution in [1.82, 2.24) is 0 Å². The molecule has 104 valence electrons. The van der Waals surface area contributed by atoms with Gasteiger partial charge in [0.25, 0.3) is 0 Å². The normalized spacial score (nSPS) is 33.4. The van der Waals surface area contributed by atoms with E-state index in [9.17, 15) is 0 Å². The summed E-state index contributed by atoms with van der Waals surface area (Å²) in [5.74, 6) is 0. The summed E-state index contributed by atoms with van der Waals surface area (Å²) >= 11 is 0. The summed E-state index contributed by atoms with van der Waals surface area (Å²) < 4.78 is 17.7. The quantitative estimate of drug-likeness (QED) is 0.667. The number of hydrogen-bond donors (Lipinski definition) is 0. The molecule has 0 amide bonds. The van der Waals surface area contributed by atoms with Crippen molar-refractivity contribution in [2.75, 3.05) is 0 Å². The zero-order chi connectivity index (χ0) is 15.1. The fraction of sp³-hybridized carbons (Fsp3) is 0.684. The van der Waals surface area contributed by atoms with E-state index in [1.54, 1.807) is 0 Å². The molecule has 2 aliphatic carbocycles. The monoisotopic (exact) mass is 258 g/mol. The summed E-state index contributed by atoms with van der Waals surface area (Å²) in [6.45, 7) is 4.60. The maximum absolute atomic E-state index is 8.85. The lowest BCUT2D eigenvalue weighted by molar-refractivity contribution is 0.103. The van der Waals surface area contributed by atoms with E-state index in [1.165, 1.54) is 37.7 Å². The van der Waals surface area contributed by atoms with Gasteiger partial charge in [-0.05, 0) is 60.4 Å². The zero-order valence-corrected chi connectivity index (χ0v) is 12.5. The fourth-order valence-corrected chi connectivity index (χ4v) is 4.33. The lowest BCUT2D eigenvalue weighted by Gasteiger charge is -2.41. The molecule has 1 aromatic carbocycles. The molecule has 0 aromatic heterocycles. The fourth-order valence-electron chi connectivity index (χ4n) is 4.33. The number of hydrogen-bond acceptors (Lipinski definition) is 0. The molecule has 1 saturated carbocycles. The molecule has 1 aromatic rings. The van der Waals surface area contributed by atoms with Crippen LogP contribution in [-0.2, 0) is 12.8 Å². The van der Waals surface area contributed by atoms with Gasteiger partial charge in [0, 0.05) is 2.74 Å². The van der Waals surface area contributed by atoms with Crippen LogP contribution >= 0.6 is 0 Å². The molecule has 0 saturated heterocycles. The minimum absolute atomic E-state index is 0.206. The van der Waals surface area contributed by atoms with Crippen LogP contribution in [0, 0.1) is 10.8 Å². The molecule has 0 aliphatic heterocycles. The van der Waals surface area contributed by atoms with Crippen LogP contribution < -0.4 is 0 Å². The van der Waals surface area contributed by atoms with Gasteiger partial charge in [0.15, 0.2) is 0 Å². The molecule has 19 heavy (non-hydrogen) atoms. The van der Waals surface area contributed by atoms with Gasteiger partial charge >= 0.3 is 0 Å². The van der Waals surface area contributed by atoms with Gasteiger partial charge in [0.05, 0.1) is 0 Å². The van der Waals surface area contributed by atoms with E-state index in [2.05, 4.69) is 26.0 Å². The molecule has 0 bridgehead atoms. The Kier molecular flexibility index (Phi) is 2.86. The van der Waals surface area contributed by atoms with Gasteiger partial charge in [-0.1, -0.05) is 57.4 Å². The van der Waals surface area contributed by atoms with Crippen LogP contribution in [0.5, 0.6) is 0 Å². The molecular weight excluding hydrogens is 228 g/mol. The molecule has 0 heterocycles. The summed E-state index contributed by atoms with van der Waals surface area (Å²) in [5.41, 5.74) is 2.32. The molecule has 0 radical (unpaired) electrons. The second-order valence-corrected chi connectivity index (χ2v) is 7.14. The van der Waals surface area contributed by atoms with Crippen LogP contribution in [-0.4, -0.2) is 0 Å². The van der Waals surface area contributed by atoms with Gasteiger partial charge in [-0.3, -0.25) is 0 Å². The molecule has 0 spiro atoms. The minimum Gasteiger partial charge on any atom is -0.0648 e. The van der Waals surface area contributed by atoms with Crippen molar-refractivity contribution in [2.45, 2.75) is 71.6 Å². The van der Waals surface area contributed by atoms with Crippen LogP contribution in [0.15, 0.2) is 24.3 Å². The van der Waals surface area contributed by atoms with Crippen molar-refractivity contribution < 1.29 is 2.74 Å². The summed E-state index contributed by atoms with van der Waals surface area (Å²) in [5, 5.41) is 0. The Labute approximate surface area is 121 Å². The molecule has 0 N–H and O–H groups in total. The predicted molar refractivity (Wildman–Crippen MR) is 82.4 cm³/mol.